The molecule has 1 N–H and O–H groups in total. The van der Waals surface area contributed by atoms with Crippen molar-refractivity contribution in [2.45, 2.75) is 51.4 Å². The zero-order valence-corrected chi connectivity index (χ0v) is 14.5. The molecule has 0 unspecified atom stereocenters. The fourth-order valence-electron chi connectivity index (χ4n) is 4.51. The van der Waals surface area contributed by atoms with E-state index in [-0.39, 0.29) is 0 Å². The van der Waals surface area contributed by atoms with Crippen LogP contribution in [0.15, 0.2) is 35.0 Å². The number of aromatic amines is 1. The van der Waals surface area contributed by atoms with Gasteiger partial charge in [0.2, 0.25) is 7.98 Å². The molecule has 0 spiro atoms. The number of nitrogens with zero attached hydrogens (tertiary/aromatic N) is 2. The van der Waals surface area contributed by atoms with Crippen LogP contribution in [0.1, 0.15) is 59.6 Å². The standard InChI is InChI=1S/C21H22BN3/c22-25-19-10-4-2-7-15(19)13-20(25)21(17-9-5-11-23-17)18-12-14-6-1-3-8-16(14)24-18/h5,9,11-13,24H,1-4,6-8,10H2. The summed E-state index contributed by atoms with van der Waals surface area (Å²) in [7, 11) is 6.54. The van der Waals surface area contributed by atoms with Crippen molar-refractivity contribution in [1.82, 2.24) is 9.46 Å². The van der Waals surface area contributed by atoms with E-state index >= 15 is 0 Å². The van der Waals surface area contributed by atoms with Crippen LogP contribution in [-0.2, 0) is 25.7 Å². The van der Waals surface area contributed by atoms with Gasteiger partial charge >= 0.3 is 0 Å². The summed E-state index contributed by atoms with van der Waals surface area (Å²) in [5.74, 6) is 0. The molecule has 0 saturated heterocycles. The van der Waals surface area contributed by atoms with Crippen molar-refractivity contribution in [2.24, 2.45) is 4.99 Å². The van der Waals surface area contributed by atoms with Crippen LogP contribution in [0.3, 0.4) is 0 Å². The summed E-state index contributed by atoms with van der Waals surface area (Å²) in [6, 6.07) is 4.61. The molecule has 4 heteroatoms. The Morgan fingerprint density at radius 2 is 1.80 bits per heavy atom. The lowest BCUT2D eigenvalue weighted by Crippen LogP contribution is -2.08. The van der Waals surface area contributed by atoms with Gasteiger partial charge < -0.3 is 9.46 Å². The van der Waals surface area contributed by atoms with Crippen LogP contribution in [0, 0.1) is 0 Å². The van der Waals surface area contributed by atoms with Gasteiger partial charge in [0.1, 0.15) is 0 Å². The maximum Gasteiger partial charge on any atom is 0.234 e. The SMILES string of the molecule is [B]n1c(C(=C2C=CC=N2)c2cc3c([nH]2)CCCC3)cc2c1CCCC2. The summed E-state index contributed by atoms with van der Waals surface area (Å²) in [5.41, 5.74) is 9.94. The number of hydrogen-bond acceptors (Lipinski definition) is 1. The van der Waals surface area contributed by atoms with Crippen LogP contribution in [-0.4, -0.2) is 23.7 Å². The van der Waals surface area contributed by atoms with Gasteiger partial charge in [-0.05, 0) is 86.8 Å². The number of rotatable bonds is 2. The molecule has 2 radical (unpaired) electrons. The maximum absolute atomic E-state index is 6.54. The number of fused-ring (bicyclic) bond motifs is 2. The highest BCUT2D eigenvalue weighted by Crippen LogP contribution is 2.35. The lowest BCUT2D eigenvalue weighted by atomic mass is 9.97. The van der Waals surface area contributed by atoms with Gasteiger partial charge in [-0.1, -0.05) is 0 Å². The van der Waals surface area contributed by atoms with Crippen LogP contribution >= 0.6 is 0 Å². The van der Waals surface area contributed by atoms with Crippen LogP contribution in [0.4, 0.5) is 0 Å². The molecule has 0 saturated carbocycles. The van der Waals surface area contributed by atoms with E-state index in [0.29, 0.717) is 0 Å². The lowest BCUT2D eigenvalue weighted by Gasteiger charge is -2.15. The summed E-state index contributed by atoms with van der Waals surface area (Å²) < 4.78 is 1.92. The van der Waals surface area contributed by atoms with Gasteiger partial charge in [0.15, 0.2) is 0 Å². The Balaban J connectivity index is 1.69. The Kier molecular flexibility index (Phi) is 3.58. The first-order valence-electron chi connectivity index (χ1n) is 9.46. The Bertz CT molecular complexity index is 886. The Morgan fingerprint density at radius 3 is 2.56 bits per heavy atom. The van der Waals surface area contributed by atoms with Crippen LogP contribution < -0.4 is 0 Å². The van der Waals surface area contributed by atoms with E-state index in [1.165, 1.54) is 54.6 Å². The fourth-order valence-corrected chi connectivity index (χ4v) is 4.51. The van der Waals surface area contributed by atoms with Crippen molar-refractivity contribution < 1.29 is 0 Å². The average molecular weight is 327 g/mol. The van der Waals surface area contributed by atoms with E-state index in [1.54, 1.807) is 0 Å². The second-order valence-electron chi connectivity index (χ2n) is 7.37. The van der Waals surface area contributed by atoms with Gasteiger partial charge in [-0.25, -0.2) is 0 Å². The first-order chi connectivity index (χ1) is 12.3. The minimum Gasteiger partial charge on any atom is -0.400 e. The van der Waals surface area contributed by atoms with Crippen molar-refractivity contribution >= 4 is 19.8 Å². The molecule has 0 fully saturated rings. The van der Waals surface area contributed by atoms with E-state index in [2.05, 4.69) is 28.2 Å². The van der Waals surface area contributed by atoms with Crippen LogP contribution in [0.5, 0.6) is 0 Å². The summed E-state index contributed by atoms with van der Waals surface area (Å²) in [4.78, 5) is 8.28. The van der Waals surface area contributed by atoms with E-state index in [4.69, 9.17) is 7.98 Å². The quantitative estimate of drug-likeness (QED) is 0.812. The molecule has 0 bridgehead atoms. The molecule has 1 aliphatic heterocycles. The second-order valence-corrected chi connectivity index (χ2v) is 7.37. The maximum atomic E-state index is 6.54. The molecule has 0 atom stereocenters. The molecule has 2 aromatic rings. The third-order valence-electron chi connectivity index (χ3n) is 5.79. The highest BCUT2D eigenvalue weighted by molar-refractivity contribution is 6.09. The van der Waals surface area contributed by atoms with E-state index < -0.39 is 0 Å². The summed E-state index contributed by atoms with van der Waals surface area (Å²) in [6.07, 6.45) is 15.5. The first-order valence-corrected chi connectivity index (χ1v) is 9.46. The third-order valence-corrected chi connectivity index (χ3v) is 5.79. The average Bonchev–Trinajstić information content (AvgIpc) is 3.36. The predicted octanol–water partition coefficient (Wildman–Crippen LogP) is 3.91. The van der Waals surface area contributed by atoms with Crippen molar-refractivity contribution in [1.29, 1.82) is 0 Å². The molecule has 3 nitrogen and oxygen atoms in total. The minimum absolute atomic E-state index is 1.00. The van der Waals surface area contributed by atoms with Crippen molar-refractivity contribution in [2.75, 3.05) is 0 Å². The van der Waals surface area contributed by atoms with Gasteiger partial charge in [0.05, 0.1) is 11.4 Å². The Labute approximate surface area is 150 Å². The monoisotopic (exact) mass is 327 g/mol. The normalized spacial score (nSPS) is 20.6. The molecule has 124 valence electrons. The molecule has 0 amide bonds. The Morgan fingerprint density at radius 1 is 1.00 bits per heavy atom. The fraction of sp³-hybridized carbons (Fsp3) is 0.381. The highest BCUT2D eigenvalue weighted by atomic mass is 14.9. The smallest absolute Gasteiger partial charge is 0.234 e. The van der Waals surface area contributed by atoms with Gasteiger partial charge in [0.25, 0.3) is 0 Å². The number of aryl methyl sites for hydroxylation is 3. The predicted molar refractivity (Wildman–Crippen MR) is 103 cm³/mol. The highest BCUT2D eigenvalue weighted by Gasteiger charge is 2.23. The zero-order valence-electron chi connectivity index (χ0n) is 14.5. The summed E-state index contributed by atoms with van der Waals surface area (Å²) >= 11 is 0. The van der Waals surface area contributed by atoms with E-state index in [1.807, 2.05) is 16.8 Å². The second kappa shape index (κ2) is 5.94. The Hall–Kier alpha value is -2.23. The third kappa shape index (κ3) is 2.46. The molecular formula is C21H22BN3. The number of hydrogen-bond donors (Lipinski definition) is 1. The van der Waals surface area contributed by atoms with Gasteiger partial charge in [-0.3, -0.25) is 4.99 Å². The van der Waals surface area contributed by atoms with E-state index in [0.717, 1.165) is 41.9 Å². The van der Waals surface area contributed by atoms with Crippen LogP contribution in [0.25, 0.3) is 5.57 Å². The first kappa shape index (κ1) is 15.1. The van der Waals surface area contributed by atoms with Gasteiger partial charge in [0, 0.05) is 28.9 Å². The zero-order chi connectivity index (χ0) is 16.8. The largest absolute Gasteiger partial charge is 0.400 e. The molecule has 25 heavy (non-hydrogen) atoms. The summed E-state index contributed by atoms with van der Waals surface area (Å²) in [6.45, 7) is 0. The number of allylic oxidation sites excluding steroid dienone is 2. The number of nitrogens with one attached hydrogen (secondary N) is 1. The summed E-state index contributed by atoms with van der Waals surface area (Å²) in [5, 5.41) is 0. The molecule has 0 aromatic carbocycles. The number of aromatic nitrogens is 2. The topological polar surface area (TPSA) is 33.1 Å². The molecular weight excluding hydrogens is 305 g/mol. The number of aliphatic imine (C=N–C) groups is 1. The molecule has 2 aromatic heterocycles. The molecule has 2 aliphatic carbocycles. The minimum atomic E-state index is 1.00. The van der Waals surface area contributed by atoms with Crippen molar-refractivity contribution in [3.05, 3.63) is 63.9 Å². The molecule has 3 aliphatic rings. The van der Waals surface area contributed by atoms with Crippen molar-refractivity contribution in [3.8, 4) is 0 Å². The van der Waals surface area contributed by atoms with Crippen molar-refractivity contribution in [3.63, 3.8) is 0 Å². The van der Waals surface area contributed by atoms with Crippen LogP contribution in [0.2, 0.25) is 0 Å². The molecule has 3 heterocycles. The number of H-pyrrole nitrogens is 1. The lowest BCUT2D eigenvalue weighted by molar-refractivity contribution is 0.671. The molecule has 5 rings (SSSR count). The van der Waals surface area contributed by atoms with Gasteiger partial charge in [-0.15, -0.1) is 0 Å². The van der Waals surface area contributed by atoms with Gasteiger partial charge in [-0.2, -0.15) is 0 Å². The van der Waals surface area contributed by atoms with E-state index in [9.17, 15) is 0 Å².